The van der Waals surface area contributed by atoms with Gasteiger partial charge >= 0.3 is 0 Å². The second-order valence-electron chi connectivity index (χ2n) is 5.44. The number of carbonyl (C=O) groups is 1. The highest BCUT2D eigenvalue weighted by molar-refractivity contribution is 6.30. The minimum Gasteiger partial charge on any atom is -0.281 e. The summed E-state index contributed by atoms with van der Waals surface area (Å²) >= 11 is 6.05. The van der Waals surface area contributed by atoms with Gasteiger partial charge in [-0.1, -0.05) is 35.9 Å². The average molecular weight is 365 g/mol. The van der Waals surface area contributed by atoms with Crippen molar-refractivity contribution < 1.29 is 4.79 Å². The summed E-state index contributed by atoms with van der Waals surface area (Å²) in [4.78, 5) is 20.6. The maximum atomic E-state index is 12.2. The number of nitrogens with zero attached hydrogens (tertiary/aromatic N) is 4. The van der Waals surface area contributed by atoms with Gasteiger partial charge < -0.3 is 0 Å². The highest BCUT2D eigenvalue weighted by atomic mass is 35.5. The van der Waals surface area contributed by atoms with Crippen LogP contribution < -0.4 is 10.9 Å². The molecule has 0 fully saturated rings. The first kappa shape index (κ1) is 16.0. The summed E-state index contributed by atoms with van der Waals surface area (Å²) in [6.45, 7) is 0. The third kappa shape index (κ3) is 3.07. The normalized spacial score (nSPS) is 10.7. The third-order valence-corrected chi connectivity index (χ3v) is 3.98. The number of aromatic nitrogens is 4. The Morgan fingerprint density at radius 1 is 1.04 bits per heavy atom. The van der Waals surface area contributed by atoms with Gasteiger partial charge in [0.05, 0.1) is 17.3 Å². The molecule has 2 N–H and O–H groups in total. The SMILES string of the molecule is O=C(NNc1ncnc2c1cnn2-c1cccc(Cl)c1)c1ccccc1. The molecule has 2 aromatic heterocycles. The topological polar surface area (TPSA) is 84.7 Å². The Balaban J connectivity index is 1.62. The van der Waals surface area contributed by atoms with E-state index in [1.165, 1.54) is 6.33 Å². The second kappa shape index (κ2) is 6.81. The number of benzene rings is 2. The van der Waals surface area contributed by atoms with Crippen molar-refractivity contribution in [2.75, 3.05) is 5.43 Å². The summed E-state index contributed by atoms with van der Waals surface area (Å²) in [7, 11) is 0. The Morgan fingerprint density at radius 3 is 2.69 bits per heavy atom. The van der Waals surface area contributed by atoms with Crippen LogP contribution in [0.25, 0.3) is 16.7 Å². The molecule has 0 aliphatic carbocycles. The first-order valence-corrected chi connectivity index (χ1v) is 8.16. The van der Waals surface area contributed by atoms with E-state index >= 15 is 0 Å². The molecule has 128 valence electrons. The zero-order valence-electron chi connectivity index (χ0n) is 13.4. The van der Waals surface area contributed by atoms with Gasteiger partial charge in [0, 0.05) is 10.6 Å². The van der Waals surface area contributed by atoms with E-state index in [2.05, 4.69) is 25.9 Å². The quantitative estimate of drug-likeness (QED) is 0.543. The number of anilines is 1. The molecule has 8 heteroatoms. The van der Waals surface area contributed by atoms with Gasteiger partial charge in [0.2, 0.25) is 0 Å². The van der Waals surface area contributed by atoms with Gasteiger partial charge in [0.15, 0.2) is 11.5 Å². The summed E-state index contributed by atoms with van der Waals surface area (Å²) in [5.41, 5.74) is 7.38. The Bertz CT molecular complexity index is 1080. The molecule has 26 heavy (non-hydrogen) atoms. The van der Waals surface area contributed by atoms with Gasteiger partial charge in [0.25, 0.3) is 5.91 Å². The maximum Gasteiger partial charge on any atom is 0.269 e. The van der Waals surface area contributed by atoms with Crippen molar-refractivity contribution in [3.05, 3.63) is 77.7 Å². The van der Waals surface area contributed by atoms with Crippen LogP contribution in [0.5, 0.6) is 0 Å². The second-order valence-corrected chi connectivity index (χ2v) is 5.88. The predicted octanol–water partition coefficient (Wildman–Crippen LogP) is 3.23. The predicted molar refractivity (Wildman–Crippen MR) is 99.2 cm³/mol. The van der Waals surface area contributed by atoms with Gasteiger partial charge in [-0.15, -0.1) is 0 Å². The van der Waals surface area contributed by atoms with Crippen LogP contribution in [0.15, 0.2) is 67.1 Å². The summed E-state index contributed by atoms with van der Waals surface area (Å²) in [6, 6.07) is 16.2. The zero-order chi connectivity index (χ0) is 17.9. The summed E-state index contributed by atoms with van der Waals surface area (Å²) in [5.74, 6) is 0.187. The van der Waals surface area contributed by atoms with Gasteiger partial charge in [-0.25, -0.2) is 14.6 Å². The van der Waals surface area contributed by atoms with Gasteiger partial charge in [0.1, 0.15) is 6.33 Å². The monoisotopic (exact) mass is 364 g/mol. The lowest BCUT2D eigenvalue weighted by atomic mass is 10.2. The Hall–Kier alpha value is -3.45. The molecule has 1 amide bonds. The largest absolute Gasteiger partial charge is 0.281 e. The van der Waals surface area contributed by atoms with Crippen LogP contribution in [0, 0.1) is 0 Å². The molecule has 0 saturated carbocycles. The average Bonchev–Trinajstić information content (AvgIpc) is 3.11. The van der Waals surface area contributed by atoms with Crippen molar-refractivity contribution in [3.63, 3.8) is 0 Å². The lowest BCUT2D eigenvalue weighted by Crippen LogP contribution is -2.29. The minimum absolute atomic E-state index is 0.264. The molecule has 0 aliphatic rings. The van der Waals surface area contributed by atoms with E-state index in [0.29, 0.717) is 27.4 Å². The highest BCUT2D eigenvalue weighted by Crippen LogP contribution is 2.22. The van der Waals surface area contributed by atoms with Crippen molar-refractivity contribution in [1.29, 1.82) is 0 Å². The third-order valence-electron chi connectivity index (χ3n) is 3.75. The molecule has 2 aromatic carbocycles. The fourth-order valence-electron chi connectivity index (χ4n) is 2.52. The number of amides is 1. The molecule has 0 radical (unpaired) electrons. The molecule has 0 spiro atoms. The number of nitrogens with one attached hydrogen (secondary N) is 2. The molecule has 0 saturated heterocycles. The van der Waals surface area contributed by atoms with Crippen molar-refractivity contribution in [3.8, 4) is 5.69 Å². The molecule has 0 aliphatic heterocycles. The summed E-state index contributed by atoms with van der Waals surface area (Å²) < 4.78 is 1.66. The fourth-order valence-corrected chi connectivity index (χ4v) is 2.70. The first-order valence-electron chi connectivity index (χ1n) is 7.78. The van der Waals surface area contributed by atoms with Crippen molar-refractivity contribution in [1.82, 2.24) is 25.2 Å². The number of hydrogen-bond donors (Lipinski definition) is 2. The zero-order valence-corrected chi connectivity index (χ0v) is 14.2. The van der Waals surface area contributed by atoms with E-state index in [1.54, 1.807) is 47.3 Å². The van der Waals surface area contributed by atoms with E-state index < -0.39 is 0 Å². The lowest BCUT2D eigenvalue weighted by Gasteiger charge is -2.08. The molecular formula is C18H13ClN6O. The number of carbonyl (C=O) groups excluding carboxylic acids is 1. The summed E-state index contributed by atoms with van der Waals surface area (Å²) in [6.07, 6.45) is 3.04. The van der Waals surface area contributed by atoms with Gasteiger partial charge in [-0.2, -0.15) is 5.10 Å². The van der Waals surface area contributed by atoms with E-state index in [-0.39, 0.29) is 5.91 Å². The molecule has 0 unspecified atom stereocenters. The van der Waals surface area contributed by atoms with E-state index in [0.717, 1.165) is 5.69 Å². The van der Waals surface area contributed by atoms with Crippen molar-refractivity contribution >= 4 is 34.4 Å². The van der Waals surface area contributed by atoms with Gasteiger partial charge in [-0.3, -0.25) is 15.6 Å². The smallest absolute Gasteiger partial charge is 0.269 e. The fraction of sp³-hybridized carbons (Fsp3) is 0. The Morgan fingerprint density at radius 2 is 1.88 bits per heavy atom. The van der Waals surface area contributed by atoms with E-state index in [4.69, 9.17) is 11.6 Å². The van der Waals surface area contributed by atoms with Gasteiger partial charge in [-0.05, 0) is 30.3 Å². The van der Waals surface area contributed by atoms with E-state index in [1.807, 2.05) is 18.2 Å². The number of halogens is 1. The molecule has 7 nitrogen and oxygen atoms in total. The molecule has 0 atom stereocenters. The molecule has 2 heterocycles. The van der Waals surface area contributed by atoms with E-state index in [9.17, 15) is 4.79 Å². The molecule has 0 bridgehead atoms. The van der Waals surface area contributed by atoms with Crippen LogP contribution in [0.4, 0.5) is 5.82 Å². The van der Waals surface area contributed by atoms with Crippen LogP contribution in [0.1, 0.15) is 10.4 Å². The van der Waals surface area contributed by atoms with Crippen molar-refractivity contribution in [2.24, 2.45) is 0 Å². The van der Waals surface area contributed by atoms with Crippen molar-refractivity contribution in [2.45, 2.75) is 0 Å². The first-order chi connectivity index (χ1) is 12.7. The Kier molecular flexibility index (Phi) is 4.20. The number of fused-ring (bicyclic) bond motifs is 1. The standard InChI is InChI=1S/C18H13ClN6O/c19-13-7-4-8-14(9-13)25-17-15(10-22-25)16(20-11-21-17)23-24-18(26)12-5-2-1-3-6-12/h1-11H,(H,24,26)(H,20,21,23). The highest BCUT2D eigenvalue weighted by Gasteiger charge is 2.12. The van der Waals surface area contributed by atoms with Crippen LogP contribution in [-0.2, 0) is 0 Å². The van der Waals surface area contributed by atoms with Crippen LogP contribution >= 0.6 is 11.6 Å². The number of rotatable bonds is 4. The minimum atomic E-state index is -0.264. The van der Waals surface area contributed by atoms with Crippen LogP contribution in [0.3, 0.4) is 0 Å². The number of hydrazine groups is 1. The molecule has 4 aromatic rings. The maximum absolute atomic E-state index is 12.2. The summed E-state index contributed by atoms with van der Waals surface area (Å²) in [5, 5.41) is 5.63. The van der Waals surface area contributed by atoms with Crippen LogP contribution in [0.2, 0.25) is 5.02 Å². The molecule has 4 rings (SSSR count). The number of hydrogen-bond acceptors (Lipinski definition) is 5. The van der Waals surface area contributed by atoms with Crippen LogP contribution in [-0.4, -0.2) is 25.7 Å². The Labute approximate surface area is 153 Å². The lowest BCUT2D eigenvalue weighted by molar-refractivity contribution is 0.0962. The molecular weight excluding hydrogens is 352 g/mol.